The van der Waals surface area contributed by atoms with E-state index < -0.39 is 16.7 Å². The zero-order valence-electron chi connectivity index (χ0n) is 10.9. The van der Waals surface area contributed by atoms with Gasteiger partial charge in [0.2, 0.25) is 0 Å². The van der Waals surface area contributed by atoms with Crippen molar-refractivity contribution in [3.05, 3.63) is 51.8 Å². The highest BCUT2D eigenvalue weighted by Gasteiger charge is 2.18. The molecule has 0 saturated heterocycles. The number of rotatable bonds is 4. The van der Waals surface area contributed by atoms with Crippen molar-refractivity contribution in [2.24, 2.45) is 0 Å². The monoisotopic (exact) mass is 276 g/mol. The fraction of sp³-hybridized carbons (Fsp3) is 0.154. The summed E-state index contributed by atoms with van der Waals surface area (Å²) in [5.41, 5.74) is 1.41. The Morgan fingerprint density at radius 3 is 2.70 bits per heavy atom. The van der Waals surface area contributed by atoms with Crippen LogP contribution in [0.1, 0.15) is 16.1 Å². The molecule has 0 saturated carbocycles. The Hall–Kier alpha value is -2.83. The second kappa shape index (κ2) is 5.43. The third-order valence-electron chi connectivity index (χ3n) is 2.60. The molecule has 0 bridgehead atoms. The van der Waals surface area contributed by atoms with Crippen LogP contribution in [0.4, 0.5) is 11.6 Å². The van der Waals surface area contributed by atoms with E-state index in [1.807, 2.05) is 13.0 Å². The quantitative estimate of drug-likeness (QED) is 0.684. The molecule has 0 spiro atoms. The van der Waals surface area contributed by atoms with Crippen LogP contribution in [-0.4, -0.2) is 17.9 Å². The normalized spacial score (nSPS) is 10.1. The van der Waals surface area contributed by atoms with Crippen molar-refractivity contribution in [1.29, 1.82) is 0 Å². The summed E-state index contributed by atoms with van der Waals surface area (Å²) >= 11 is 0. The Bertz CT molecular complexity index is 663. The first-order valence-corrected chi connectivity index (χ1v) is 5.71. The fourth-order valence-electron chi connectivity index (χ4n) is 1.65. The molecular weight excluding hydrogens is 264 g/mol. The lowest BCUT2D eigenvalue weighted by atomic mass is 10.2. The number of nitrogens with zero attached hydrogens (tertiary/aromatic N) is 1. The standard InChI is InChI=1S/C13H12N2O5/c1-8-3-4-10(19-2)9(7-8)14-13(16)11-5-6-12(20-11)15(17)18/h3-7H,1-2H3,(H,14,16). The Morgan fingerprint density at radius 2 is 2.10 bits per heavy atom. The summed E-state index contributed by atoms with van der Waals surface area (Å²) < 4.78 is 9.96. The van der Waals surface area contributed by atoms with Gasteiger partial charge in [0.25, 0.3) is 5.91 Å². The number of amides is 1. The number of furan rings is 1. The van der Waals surface area contributed by atoms with E-state index in [2.05, 4.69) is 5.32 Å². The topological polar surface area (TPSA) is 94.6 Å². The van der Waals surface area contributed by atoms with E-state index in [0.717, 1.165) is 11.6 Å². The van der Waals surface area contributed by atoms with Crippen LogP contribution in [0.5, 0.6) is 5.75 Å². The molecule has 0 aliphatic carbocycles. The number of nitrogens with one attached hydrogen (secondary N) is 1. The molecule has 20 heavy (non-hydrogen) atoms. The number of carbonyl (C=O) groups excluding carboxylic acids is 1. The number of nitro groups is 1. The lowest BCUT2D eigenvalue weighted by Crippen LogP contribution is -2.11. The molecule has 1 heterocycles. The molecule has 2 aromatic rings. The minimum Gasteiger partial charge on any atom is -0.495 e. The smallest absolute Gasteiger partial charge is 0.433 e. The van der Waals surface area contributed by atoms with E-state index in [9.17, 15) is 14.9 Å². The zero-order valence-corrected chi connectivity index (χ0v) is 10.9. The average molecular weight is 276 g/mol. The van der Waals surface area contributed by atoms with Gasteiger partial charge in [-0.3, -0.25) is 14.9 Å². The Labute approximate surface area is 114 Å². The summed E-state index contributed by atoms with van der Waals surface area (Å²) in [4.78, 5) is 21.7. The Balaban J connectivity index is 2.22. The first kappa shape index (κ1) is 13.6. The number of anilines is 1. The van der Waals surface area contributed by atoms with Crippen molar-refractivity contribution in [3.63, 3.8) is 0 Å². The summed E-state index contributed by atoms with van der Waals surface area (Å²) in [5.74, 6) is -0.710. The molecule has 2 rings (SSSR count). The third kappa shape index (κ3) is 2.77. The van der Waals surface area contributed by atoms with E-state index in [4.69, 9.17) is 9.15 Å². The molecule has 1 amide bonds. The zero-order chi connectivity index (χ0) is 14.7. The molecule has 1 aromatic heterocycles. The van der Waals surface area contributed by atoms with Gasteiger partial charge in [-0.15, -0.1) is 0 Å². The summed E-state index contributed by atoms with van der Waals surface area (Å²) in [7, 11) is 1.48. The number of ether oxygens (including phenoxy) is 1. The van der Waals surface area contributed by atoms with Crippen molar-refractivity contribution >= 4 is 17.5 Å². The van der Waals surface area contributed by atoms with Crippen molar-refractivity contribution in [1.82, 2.24) is 0 Å². The Kier molecular flexibility index (Phi) is 3.69. The highest BCUT2D eigenvalue weighted by atomic mass is 16.6. The number of carbonyl (C=O) groups is 1. The van der Waals surface area contributed by atoms with E-state index in [1.54, 1.807) is 12.1 Å². The van der Waals surface area contributed by atoms with Gasteiger partial charge in [-0.05, 0) is 30.7 Å². The van der Waals surface area contributed by atoms with E-state index in [1.165, 1.54) is 13.2 Å². The van der Waals surface area contributed by atoms with Gasteiger partial charge in [-0.25, -0.2) is 0 Å². The lowest BCUT2D eigenvalue weighted by Gasteiger charge is -2.09. The SMILES string of the molecule is COc1ccc(C)cc1NC(=O)c1ccc([N+](=O)[O-])o1. The summed E-state index contributed by atoms with van der Waals surface area (Å²) in [6.45, 7) is 1.87. The second-order valence-electron chi connectivity index (χ2n) is 4.05. The molecule has 0 aliphatic rings. The van der Waals surface area contributed by atoms with Gasteiger partial charge in [0.1, 0.15) is 10.7 Å². The maximum atomic E-state index is 11.9. The largest absolute Gasteiger partial charge is 0.495 e. The van der Waals surface area contributed by atoms with Crippen LogP contribution in [0.2, 0.25) is 0 Å². The first-order chi connectivity index (χ1) is 9.51. The van der Waals surface area contributed by atoms with Crippen LogP contribution >= 0.6 is 0 Å². The molecule has 1 N–H and O–H groups in total. The second-order valence-corrected chi connectivity index (χ2v) is 4.05. The summed E-state index contributed by atoms with van der Waals surface area (Å²) in [5, 5.41) is 13.1. The van der Waals surface area contributed by atoms with Gasteiger partial charge in [-0.2, -0.15) is 0 Å². The van der Waals surface area contributed by atoms with E-state index in [-0.39, 0.29) is 5.76 Å². The van der Waals surface area contributed by atoms with Crippen molar-refractivity contribution < 1.29 is 18.9 Å². The predicted molar refractivity (Wildman–Crippen MR) is 71.0 cm³/mol. The van der Waals surface area contributed by atoms with Crippen molar-refractivity contribution in [3.8, 4) is 5.75 Å². The lowest BCUT2D eigenvalue weighted by molar-refractivity contribution is -0.402. The molecule has 0 aliphatic heterocycles. The van der Waals surface area contributed by atoms with E-state index >= 15 is 0 Å². The van der Waals surface area contributed by atoms with Gasteiger partial charge < -0.3 is 14.5 Å². The maximum Gasteiger partial charge on any atom is 0.433 e. The van der Waals surface area contributed by atoms with Crippen molar-refractivity contribution in [2.75, 3.05) is 12.4 Å². The molecule has 0 unspecified atom stereocenters. The van der Waals surface area contributed by atoms with Gasteiger partial charge in [0, 0.05) is 0 Å². The number of aryl methyl sites for hydroxylation is 1. The summed E-state index contributed by atoms with van der Waals surface area (Å²) in [6, 6.07) is 7.66. The van der Waals surface area contributed by atoms with Crippen molar-refractivity contribution in [2.45, 2.75) is 6.92 Å². The average Bonchev–Trinajstić information content (AvgIpc) is 2.89. The number of hydrogen-bond donors (Lipinski definition) is 1. The molecule has 104 valence electrons. The minimum atomic E-state index is -0.704. The van der Waals surface area contributed by atoms with E-state index in [0.29, 0.717) is 11.4 Å². The molecular formula is C13H12N2O5. The molecule has 0 fully saturated rings. The minimum absolute atomic E-state index is 0.139. The predicted octanol–water partition coefficient (Wildman–Crippen LogP) is 2.76. The molecule has 0 radical (unpaired) electrons. The van der Waals surface area contributed by atoms with Crippen LogP contribution in [0.25, 0.3) is 0 Å². The third-order valence-corrected chi connectivity index (χ3v) is 2.60. The first-order valence-electron chi connectivity index (χ1n) is 5.71. The number of hydrogen-bond acceptors (Lipinski definition) is 5. The highest BCUT2D eigenvalue weighted by molar-refractivity contribution is 6.03. The Morgan fingerprint density at radius 1 is 1.35 bits per heavy atom. The van der Waals surface area contributed by atoms with Crippen LogP contribution in [0.3, 0.4) is 0 Å². The van der Waals surface area contributed by atoms with Crippen LogP contribution in [-0.2, 0) is 0 Å². The number of benzene rings is 1. The molecule has 0 atom stereocenters. The highest BCUT2D eigenvalue weighted by Crippen LogP contribution is 2.26. The van der Waals surface area contributed by atoms with Gasteiger partial charge in [-0.1, -0.05) is 6.07 Å². The van der Waals surface area contributed by atoms with Crippen LogP contribution in [0.15, 0.2) is 34.7 Å². The van der Waals surface area contributed by atoms with Gasteiger partial charge >= 0.3 is 5.88 Å². The summed E-state index contributed by atoms with van der Waals surface area (Å²) in [6.07, 6.45) is 0. The molecule has 7 heteroatoms. The molecule has 7 nitrogen and oxygen atoms in total. The number of methoxy groups -OCH3 is 1. The van der Waals surface area contributed by atoms with Gasteiger partial charge in [0.15, 0.2) is 5.76 Å². The fourth-order valence-corrected chi connectivity index (χ4v) is 1.65. The van der Waals surface area contributed by atoms with Crippen LogP contribution < -0.4 is 10.1 Å². The van der Waals surface area contributed by atoms with Gasteiger partial charge in [0.05, 0.1) is 18.9 Å². The maximum absolute atomic E-state index is 11.9. The van der Waals surface area contributed by atoms with Crippen LogP contribution in [0, 0.1) is 17.0 Å². The molecule has 1 aromatic carbocycles.